The van der Waals surface area contributed by atoms with Crippen molar-refractivity contribution in [3.8, 4) is 0 Å². The summed E-state index contributed by atoms with van der Waals surface area (Å²) >= 11 is 1.86. The molecule has 1 saturated heterocycles. The van der Waals surface area contributed by atoms with E-state index in [0.717, 1.165) is 26.1 Å². The minimum absolute atomic E-state index is 0.446. The largest absolute Gasteiger partial charge is 0.348 e. The summed E-state index contributed by atoms with van der Waals surface area (Å²) < 4.78 is 0. The topological polar surface area (TPSA) is 28.2 Å². The maximum Gasteiger partial charge on any atom is 0.185 e. The Hall–Kier alpha value is -0.610. The molecule has 0 unspecified atom stereocenters. The highest BCUT2D eigenvalue weighted by Crippen LogP contribution is 2.35. The summed E-state index contributed by atoms with van der Waals surface area (Å²) in [5.74, 6) is 0. The maximum absolute atomic E-state index is 4.80. The first-order valence-corrected chi connectivity index (χ1v) is 7.25. The smallest absolute Gasteiger partial charge is 0.185 e. The average molecular weight is 253 g/mol. The van der Waals surface area contributed by atoms with Crippen LogP contribution in [0.3, 0.4) is 0 Å². The predicted octanol–water partition coefficient (Wildman–Crippen LogP) is 2.66. The van der Waals surface area contributed by atoms with Crippen LogP contribution in [0.1, 0.15) is 37.8 Å². The van der Waals surface area contributed by atoms with Crippen LogP contribution in [-0.2, 0) is 13.0 Å². The van der Waals surface area contributed by atoms with E-state index < -0.39 is 0 Å². The van der Waals surface area contributed by atoms with E-state index in [9.17, 15) is 0 Å². The van der Waals surface area contributed by atoms with Crippen LogP contribution in [-0.4, -0.2) is 25.1 Å². The first-order chi connectivity index (χ1) is 8.05. The van der Waals surface area contributed by atoms with Gasteiger partial charge >= 0.3 is 0 Å². The van der Waals surface area contributed by atoms with Gasteiger partial charge in [0.2, 0.25) is 0 Å². The normalized spacial score (nSPS) is 18.9. The summed E-state index contributed by atoms with van der Waals surface area (Å²) in [7, 11) is 2.00. The van der Waals surface area contributed by atoms with Gasteiger partial charge in [-0.15, -0.1) is 11.3 Å². The highest BCUT2D eigenvalue weighted by Gasteiger charge is 2.31. The number of thiazole rings is 1. The molecular weight excluding hydrogens is 230 g/mol. The van der Waals surface area contributed by atoms with Gasteiger partial charge in [-0.3, -0.25) is 0 Å². The van der Waals surface area contributed by atoms with Crippen LogP contribution in [0.5, 0.6) is 0 Å². The maximum atomic E-state index is 4.80. The number of nitrogens with zero attached hydrogens (tertiary/aromatic N) is 2. The van der Waals surface area contributed by atoms with Gasteiger partial charge in [0.05, 0.1) is 5.69 Å². The minimum atomic E-state index is 0.446. The molecule has 96 valence electrons. The Morgan fingerprint density at radius 3 is 2.76 bits per heavy atom. The number of hydrogen-bond donors (Lipinski definition) is 1. The zero-order valence-corrected chi connectivity index (χ0v) is 12.2. The first kappa shape index (κ1) is 12.8. The second-order valence-electron chi connectivity index (χ2n) is 5.59. The summed E-state index contributed by atoms with van der Waals surface area (Å²) in [6, 6.07) is 0. The van der Waals surface area contributed by atoms with E-state index in [2.05, 4.69) is 31.0 Å². The molecule has 0 aliphatic carbocycles. The quantitative estimate of drug-likeness (QED) is 0.894. The SMILES string of the molecule is CCc1nc(N2CCC(C)(C)C2)sc1CNC. The van der Waals surface area contributed by atoms with Gasteiger partial charge in [0.15, 0.2) is 5.13 Å². The molecule has 1 aromatic rings. The summed E-state index contributed by atoms with van der Waals surface area (Å²) in [5, 5.41) is 4.45. The lowest BCUT2D eigenvalue weighted by Crippen LogP contribution is -2.22. The van der Waals surface area contributed by atoms with Crippen LogP contribution >= 0.6 is 11.3 Å². The zero-order valence-electron chi connectivity index (χ0n) is 11.3. The molecule has 0 saturated carbocycles. The van der Waals surface area contributed by atoms with Gasteiger partial charge in [-0.1, -0.05) is 20.8 Å². The molecule has 0 aromatic carbocycles. The molecule has 1 aliphatic rings. The number of aromatic nitrogens is 1. The molecule has 1 aromatic heterocycles. The summed E-state index contributed by atoms with van der Waals surface area (Å²) in [5.41, 5.74) is 1.71. The summed E-state index contributed by atoms with van der Waals surface area (Å²) in [6.07, 6.45) is 2.31. The number of rotatable bonds is 4. The van der Waals surface area contributed by atoms with E-state index in [1.54, 1.807) is 0 Å². The lowest BCUT2D eigenvalue weighted by molar-refractivity contribution is 0.418. The molecule has 1 fully saturated rings. The van der Waals surface area contributed by atoms with Crippen LogP contribution in [0.4, 0.5) is 5.13 Å². The molecule has 4 heteroatoms. The van der Waals surface area contributed by atoms with Crippen LogP contribution in [0.2, 0.25) is 0 Å². The summed E-state index contributed by atoms with van der Waals surface area (Å²) in [4.78, 5) is 8.64. The van der Waals surface area contributed by atoms with Crippen LogP contribution < -0.4 is 10.2 Å². The molecular formula is C13H23N3S. The molecule has 0 bridgehead atoms. The second kappa shape index (κ2) is 4.94. The molecule has 3 nitrogen and oxygen atoms in total. The molecule has 0 amide bonds. The fourth-order valence-electron chi connectivity index (χ4n) is 2.36. The van der Waals surface area contributed by atoms with Crippen LogP contribution in [0.25, 0.3) is 0 Å². The second-order valence-corrected chi connectivity index (χ2v) is 6.65. The van der Waals surface area contributed by atoms with Gasteiger partial charge in [0.1, 0.15) is 0 Å². The van der Waals surface area contributed by atoms with E-state index in [1.165, 1.54) is 22.1 Å². The Morgan fingerprint density at radius 1 is 1.47 bits per heavy atom. The fourth-order valence-corrected chi connectivity index (χ4v) is 3.54. The van der Waals surface area contributed by atoms with Gasteiger partial charge in [-0.2, -0.15) is 0 Å². The van der Waals surface area contributed by atoms with Gasteiger partial charge in [-0.25, -0.2) is 4.98 Å². The summed E-state index contributed by atoms with van der Waals surface area (Å²) in [6.45, 7) is 10.1. The molecule has 1 aliphatic heterocycles. The van der Waals surface area contributed by atoms with Crippen LogP contribution in [0, 0.1) is 5.41 Å². The van der Waals surface area contributed by atoms with Crippen molar-refractivity contribution in [1.82, 2.24) is 10.3 Å². The lowest BCUT2D eigenvalue weighted by atomic mass is 9.93. The van der Waals surface area contributed by atoms with Crippen molar-refractivity contribution in [2.45, 2.75) is 40.2 Å². The van der Waals surface area contributed by atoms with Gasteiger partial charge in [0, 0.05) is 24.5 Å². The number of anilines is 1. The zero-order chi connectivity index (χ0) is 12.5. The third-order valence-corrected chi connectivity index (χ3v) is 4.55. The van der Waals surface area contributed by atoms with Crippen molar-refractivity contribution in [2.24, 2.45) is 5.41 Å². The molecule has 1 N–H and O–H groups in total. The van der Waals surface area contributed by atoms with Gasteiger partial charge in [0.25, 0.3) is 0 Å². The molecule has 0 spiro atoms. The highest BCUT2D eigenvalue weighted by molar-refractivity contribution is 7.15. The van der Waals surface area contributed by atoms with Crippen molar-refractivity contribution >= 4 is 16.5 Å². The van der Waals surface area contributed by atoms with Crippen molar-refractivity contribution in [3.63, 3.8) is 0 Å². The molecule has 17 heavy (non-hydrogen) atoms. The van der Waals surface area contributed by atoms with E-state index in [-0.39, 0.29) is 0 Å². The number of hydrogen-bond acceptors (Lipinski definition) is 4. The molecule has 2 rings (SSSR count). The Labute approximate surface area is 108 Å². The Bertz CT molecular complexity index is 384. The standard InChI is InChI=1S/C13H23N3S/c1-5-10-11(8-14-4)17-12(15-10)16-7-6-13(2,3)9-16/h14H,5-9H2,1-4H3. The number of aryl methyl sites for hydroxylation is 1. The highest BCUT2D eigenvalue weighted by atomic mass is 32.1. The van der Waals surface area contributed by atoms with Crippen molar-refractivity contribution in [2.75, 3.05) is 25.0 Å². The van der Waals surface area contributed by atoms with Crippen molar-refractivity contribution < 1.29 is 0 Å². The molecule has 0 radical (unpaired) electrons. The fraction of sp³-hybridized carbons (Fsp3) is 0.769. The molecule has 2 heterocycles. The third kappa shape index (κ3) is 2.80. The monoisotopic (exact) mass is 253 g/mol. The first-order valence-electron chi connectivity index (χ1n) is 6.44. The van der Waals surface area contributed by atoms with Crippen molar-refractivity contribution in [1.29, 1.82) is 0 Å². The van der Waals surface area contributed by atoms with Gasteiger partial charge < -0.3 is 10.2 Å². The van der Waals surface area contributed by atoms with E-state index in [0.29, 0.717) is 5.41 Å². The minimum Gasteiger partial charge on any atom is -0.348 e. The Morgan fingerprint density at radius 2 is 2.24 bits per heavy atom. The molecule has 0 atom stereocenters. The van der Waals surface area contributed by atoms with E-state index >= 15 is 0 Å². The lowest BCUT2D eigenvalue weighted by Gasteiger charge is -2.18. The predicted molar refractivity (Wildman–Crippen MR) is 74.9 cm³/mol. The van der Waals surface area contributed by atoms with E-state index in [4.69, 9.17) is 4.98 Å². The van der Waals surface area contributed by atoms with Gasteiger partial charge in [-0.05, 0) is 25.3 Å². The Balaban J connectivity index is 2.16. The van der Waals surface area contributed by atoms with E-state index in [1.807, 2.05) is 18.4 Å². The van der Waals surface area contributed by atoms with Crippen molar-refractivity contribution in [3.05, 3.63) is 10.6 Å². The third-order valence-electron chi connectivity index (χ3n) is 3.39. The number of nitrogens with one attached hydrogen (secondary N) is 1. The average Bonchev–Trinajstić information content (AvgIpc) is 2.82. The van der Waals surface area contributed by atoms with Crippen LogP contribution in [0.15, 0.2) is 0 Å². The Kier molecular flexibility index (Phi) is 3.73.